The van der Waals surface area contributed by atoms with Crippen LogP contribution in [-0.2, 0) is 9.53 Å². The number of hydrogen-bond donors (Lipinski definition) is 2. The van der Waals surface area contributed by atoms with Crippen LogP contribution in [0.2, 0.25) is 0 Å². The van der Waals surface area contributed by atoms with E-state index in [-0.39, 0.29) is 34.2 Å². The quantitative estimate of drug-likeness (QED) is 0.371. The molecule has 4 nitrogen and oxygen atoms in total. The van der Waals surface area contributed by atoms with E-state index in [2.05, 4.69) is 41.2 Å². The minimum absolute atomic E-state index is 0.0243. The van der Waals surface area contributed by atoms with E-state index in [1.807, 2.05) is 0 Å². The molecule has 5 fully saturated rings. The van der Waals surface area contributed by atoms with Crippen LogP contribution in [0.4, 0.5) is 0 Å². The third-order valence-corrected chi connectivity index (χ3v) is 13.8. The van der Waals surface area contributed by atoms with Crippen molar-refractivity contribution >= 4 is 5.97 Å². The number of methoxy groups -OCH3 is 1. The lowest BCUT2D eigenvalue weighted by atomic mass is 9.32. The van der Waals surface area contributed by atoms with Gasteiger partial charge >= 0.3 is 5.97 Å². The normalized spacial score (nSPS) is 55.2. The highest BCUT2D eigenvalue weighted by atomic mass is 16.5. The van der Waals surface area contributed by atoms with Gasteiger partial charge in [-0.25, -0.2) is 0 Å². The molecule has 5 aliphatic carbocycles. The summed E-state index contributed by atoms with van der Waals surface area (Å²) in [6.45, 7) is 16.4. The van der Waals surface area contributed by atoms with E-state index >= 15 is 0 Å². The van der Waals surface area contributed by atoms with Gasteiger partial charge in [-0.15, -0.1) is 0 Å². The standard InChI is InChI=1S/C31H50O4/c1-19(2)20-10-15-31(26(34)35-7)17-16-29(5)21(25(20)31)8-9-23-27(3)13-12-24(33)28(4,18-32)22(27)11-14-30(23,29)6/h20-25,32-33H,1,8-18H2,2-7H3/t20-,21?,22+,23+,24-,25+,27-,28-,29+,30+,31-/m0/s1. The summed E-state index contributed by atoms with van der Waals surface area (Å²) in [6.07, 6.45) is 10.1. The van der Waals surface area contributed by atoms with E-state index in [0.29, 0.717) is 29.6 Å². The number of fused-ring (bicyclic) bond motifs is 7. The average Bonchev–Trinajstić information content (AvgIpc) is 3.23. The van der Waals surface area contributed by atoms with Gasteiger partial charge in [-0.3, -0.25) is 4.79 Å². The minimum Gasteiger partial charge on any atom is -0.469 e. The fourth-order valence-electron chi connectivity index (χ4n) is 11.7. The molecule has 2 N–H and O–H groups in total. The second-order valence-electron chi connectivity index (χ2n) is 14.6. The Hall–Kier alpha value is -0.870. The Morgan fingerprint density at radius 2 is 1.63 bits per heavy atom. The van der Waals surface area contributed by atoms with Crippen molar-refractivity contribution < 1.29 is 19.7 Å². The van der Waals surface area contributed by atoms with Gasteiger partial charge in [-0.05, 0) is 117 Å². The van der Waals surface area contributed by atoms with Crippen molar-refractivity contribution in [3.8, 4) is 0 Å². The van der Waals surface area contributed by atoms with Gasteiger partial charge < -0.3 is 14.9 Å². The Balaban J connectivity index is 1.56. The van der Waals surface area contributed by atoms with Gasteiger partial charge in [0.2, 0.25) is 0 Å². The Morgan fingerprint density at radius 1 is 0.914 bits per heavy atom. The van der Waals surface area contributed by atoms with Crippen LogP contribution in [0.5, 0.6) is 0 Å². The van der Waals surface area contributed by atoms with Crippen LogP contribution in [0, 0.1) is 56.7 Å². The highest BCUT2D eigenvalue weighted by Crippen LogP contribution is 2.77. The lowest BCUT2D eigenvalue weighted by molar-refractivity contribution is -0.254. The maximum absolute atomic E-state index is 13.4. The molecule has 4 heteroatoms. The third kappa shape index (κ3) is 3.02. The van der Waals surface area contributed by atoms with Crippen LogP contribution < -0.4 is 0 Å². The predicted molar refractivity (Wildman–Crippen MR) is 138 cm³/mol. The first kappa shape index (κ1) is 25.8. The van der Waals surface area contributed by atoms with Crippen LogP contribution in [0.15, 0.2) is 12.2 Å². The lowest BCUT2D eigenvalue weighted by Crippen LogP contribution is -2.67. The lowest BCUT2D eigenvalue weighted by Gasteiger charge is -2.72. The summed E-state index contributed by atoms with van der Waals surface area (Å²) < 4.78 is 5.48. The van der Waals surface area contributed by atoms with Crippen molar-refractivity contribution in [3.05, 3.63) is 12.2 Å². The van der Waals surface area contributed by atoms with Gasteiger partial charge in [0.25, 0.3) is 0 Å². The van der Waals surface area contributed by atoms with E-state index in [9.17, 15) is 15.0 Å². The topological polar surface area (TPSA) is 66.8 Å². The van der Waals surface area contributed by atoms with Crippen molar-refractivity contribution in [2.75, 3.05) is 13.7 Å². The average molecular weight is 487 g/mol. The largest absolute Gasteiger partial charge is 0.469 e. The molecule has 198 valence electrons. The van der Waals surface area contributed by atoms with Crippen molar-refractivity contribution in [2.45, 2.75) is 105 Å². The summed E-state index contributed by atoms with van der Waals surface area (Å²) in [6, 6.07) is 0. The Kier molecular flexibility index (Phi) is 5.94. The van der Waals surface area contributed by atoms with Gasteiger partial charge in [-0.2, -0.15) is 0 Å². The molecule has 5 saturated carbocycles. The van der Waals surface area contributed by atoms with Crippen molar-refractivity contribution in [2.24, 2.45) is 56.7 Å². The van der Waals surface area contributed by atoms with Crippen LogP contribution in [0.3, 0.4) is 0 Å². The molecule has 0 heterocycles. The summed E-state index contributed by atoms with van der Waals surface area (Å²) in [5, 5.41) is 21.4. The fourth-order valence-corrected chi connectivity index (χ4v) is 11.7. The number of allylic oxidation sites excluding steroid dienone is 1. The highest BCUT2D eigenvalue weighted by molar-refractivity contribution is 5.78. The minimum atomic E-state index is -0.410. The summed E-state index contributed by atoms with van der Waals surface area (Å²) in [7, 11) is 1.58. The van der Waals surface area contributed by atoms with Crippen molar-refractivity contribution in [1.29, 1.82) is 0 Å². The Bertz CT molecular complexity index is 898. The second-order valence-corrected chi connectivity index (χ2v) is 14.6. The van der Waals surface area contributed by atoms with Crippen LogP contribution >= 0.6 is 0 Å². The molecule has 5 rings (SSSR count). The number of ether oxygens (including phenoxy) is 1. The van der Waals surface area contributed by atoms with E-state index in [4.69, 9.17) is 4.74 Å². The number of aliphatic hydroxyl groups is 2. The van der Waals surface area contributed by atoms with E-state index < -0.39 is 11.5 Å². The number of esters is 1. The molecule has 0 radical (unpaired) electrons. The molecule has 0 aromatic heterocycles. The monoisotopic (exact) mass is 486 g/mol. The SMILES string of the molecule is C=C(C)[C@@H]1CC[C@]2(C(=O)OC)CC[C@]3(C)C(CC[C@@H]4[C@@]5(C)CC[C@H](O)[C@@](C)(CO)[C@@H]5CC[C@]43C)[C@@H]12. The molecule has 0 aromatic carbocycles. The summed E-state index contributed by atoms with van der Waals surface area (Å²) in [5.74, 6) is 2.23. The molecule has 0 bridgehead atoms. The zero-order valence-corrected chi connectivity index (χ0v) is 23.2. The molecular weight excluding hydrogens is 436 g/mol. The molecule has 1 unspecified atom stereocenters. The first-order valence-electron chi connectivity index (χ1n) is 14.4. The fraction of sp³-hybridized carbons (Fsp3) is 0.903. The molecule has 0 saturated heterocycles. The molecule has 0 aromatic rings. The smallest absolute Gasteiger partial charge is 0.312 e. The second kappa shape index (κ2) is 8.06. The van der Waals surface area contributed by atoms with Gasteiger partial charge in [-0.1, -0.05) is 39.8 Å². The maximum atomic E-state index is 13.4. The summed E-state index contributed by atoms with van der Waals surface area (Å²) >= 11 is 0. The van der Waals surface area contributed by atoms with Gasteiger partial charge in [0.05, 0.1) is 25.2 Å². The van der Waals surface area contributed by atoms with Gasteiger partial charge in [0, 0.05) is 5.41 Å². The first-order valence-corrected chi connectivity index (χ1v) is 14.4. The number of hydrogen-bond acceptors (Lipinski definition) is 4. The van der Waals surface area contributed by atoms with E-state index in [1.54, 1.807) is 7.11 Å². The van der Waals surface area contributed by atoms with Crippen molar-refractivity contribution in [3.63, 3.8) is 0 Å². The van der Waals surface area contributed by atoms with E-state index in [1.165, 1.54) is 18.4 Å². The zero-order chi connectivity index (χ0) is 25.6. The van der Waals surface area contributed by atoms with Crippen LogP contribution in [-0.4, -0.2) is 36.0 Å². The molecule has 0 aliphatic heterocycles. The molecule has 5 aliphatic rings. The summed E-state index contributed by atoms with van der Waals surface area (Å²) in [4.78, 5) is 13.4. The zero-order valence-electron chi connectivity index (χ0n) is 23.2. The molecule has 0 spiro atoms. The Labute approximate surface area is 213 Å². The number of aliphatic hydroxyl groups excluding tert-OH is 2. The Morgan fingerprint density at radius 3 is 2.26 bits per heavy atom. The van der Waals surface area contributed by atoms with Crippen LogP contribution in [0.1, 0.15) is 98.8 Å². The number of carbonyl (C=O) groups is 1. The number of rotatable bonds is 3. The van der Waals surface area contributed by atoms with Crippen LogP contribution in [0.25, 0.3) is 0 Å². The van der Waals surface area contributed by atoms with E-state index in [0.717, 1.165) is 51.4 Å². The number of carbonyl (C=O) groups excluding carboxylic acids is 1. The highest BCUT2D eigenvalue weighted by Gasteiger charge is 2.72. The molecular formula is C31H50O4. The molecule has 11 atom stereocenters. The molecule has 35 heavy (non-hydrogen) atoms. The first-order chi connectivity index (χ1) is 16.4. The van der Waals surface area contributed by atoms with Crippen molar-refractivity contribution in [1.82, 2.24) is 0 Å². The molecule has 0 amide bonds. The predicted octanol–water partition coefficient (Wildman–Crippen LogP) is 6.15. The van der Waals surface area contributed by atoms with Gasteiger partial charge in [0.15, 0.2) is 0 Å². The third-order valence-electron chi connectivity index (χ3n) is 13.8. The summed E-state index contributed by atoms with van der Waals surface area (Å²) in [5.41, 5.74) is 1.01. The van der Waals surface area contributed by atoms with Gasteiger partial charge in [0.1, 0.15) is 0 Å². The maximum Gasteiger partial charge on any atom is 0.312 e.